The van der Waals surface area contributed by atoms with Crippen molar-refractivity contribution in [2.24, 2.45) is 12.8 Å². The summed E-state index contributed by atoms with van der Waals surface area (Å²) < 4.78 is 4.23. The third kappa shape index (κ3) is 4.86. The van der Waals surface area contributed by atoms with Crippen LogP contribution in [0.4, 0.5) is 5.95 Å². The fourth-order valence-electron chi connectivity index (χ4n) is 4.75. The summed E-state index contributed by atoms with van der Waals surface area (Å²) in [6, 6.07) is 5.56. The number of nitrogens with zero attached hydrogens (tertiary/aromatic N) is 5. The minimum atomic E-state index is -0.561. The fraction of sp³-hybridized carbons (Fsp3) is 0.462. The number of imidazole rings is 1. The minimum absolute atomic E-state index is 0.0244. The Morgan fingerprint density at radius 2 is 1.83 bits per heavy atom. The molecule has 1 aliphatic heterocycles. The van der Waals surface area contributed by atoms with Crippen LogP contribution in [0.1, 0.15) is 48.2 Å². The van der Waals surface area contributed by atoms with E-state index in [2.05, 4.69) is 4.90 Å². The summed E-state index contributed by atoms with van der Waals surface area (Å²) in [6.07, 6.45) is 3.89. The molecule has 3 heterocycles. The molecule has 1 saturated heterocycles. The Kier molecular flexibility index (Phi) is 6.80. The van der Waals surface area contributed by atoms with Crippen LogP contribution in [-0.4, -0.2) is 43.6 Å². The Hall–Kier alpha value is -3.46. The van der Waals surface area contributed by atoms with Crippen molar-refractivity contribution in [3.8, 4) is 0 Å². The highest BCUT2D eigenvalue weighted by Gasteiger charge is 2.26. The number of benzene rings is 1. The van der Waals surface area contributed by atoms with Gasteiger partial charge in [0.1, 0.15) is 0 Å². The number of ketones is 1. The number of fused-ring (bicyclic) bond motifs is 1. The Morgan fingerprint density at radius 1 is 1.14 bits per heavy atom. The highest BCUT2D eigenvalue weighted by atomic mass is 16.2. The number of rotatable bonds is 6. The van der Waals surface area contributed by atoms with E-state index >= 15 is 0 Å². The van der Waals surface area contributed by atoms with Crippen molar-refractivity contribution in [1.29, 1.82) is 0 Å². The van der Waals surface area contributed by atoms with Gasteiger partial charge in [0.2, 0.25) is 5.95 Å². The molecular formula is C26H34N6O3. The van der Waals surface area contributed by atoms with Gasteiger partial charge in [-0.25, -0.2) is 4.79 Å². The number of carbonyl (C=O) groups is 1. The predicted molar refractivity (Wildman–Crippen MR) is 138 cm³/mol. The molecule has 1 aliphatic rings. The molecule has 0 spiro atoms. The summed E-state index contributed by atoms with van der Waals surface area (Å²) >= 11 is 0. The Morgan fingerprint density at radius 3 is 2.46 bits per heavy atom. The van der Waals surface area contributed by atoms with Crippen LogP contribution < -0.4 is 21.9 Å². The van der Waals surface area contributed by atoms with E-state index in [0.717, 1.165) is 40.7 Å². The van der Waals surface area contributed by atoms with Gasteiger partial charge >= 0.3 is 5.69 Å². The van der Waals surface area contributed by atoms with Crippen LogP contribution in [0.2, 0.25) is 0 Å². The van der Waals surface area contributed by atoms with E-state index < -0.39 is 11.2 Å². The van der Waals surface area contributed by atoms with Gasteiger partial charge in [-0.3, -0.25) is 18.7 Å². The van der Waals surface area contributed by atoms with E-state index in [0.29, 0.717) is 35.8 Å². The first-order chi connectivity index (χ1) is 16.6. The van der Waals surface area contributed by atoms with Crippen LogP contribution in [0.25, 0.3) is 11.2 Å². The van der Waals surface area contributed by atoms with E-state index in [1.807, 2.05) is 44.4 Å². The second-order valence-corrected chi connectivity index (χ2v) is 9.86. The van der Waals surface area contributed by atoms with E-state index in [1.165, 1.54) is 4.57 Å². The molecule has 0 aliphatic carbocycles. The van der Waals surface area contributed by atoms with Gasteiger partial charge in [0.25, 0.3) is 5.56 Å². The SMILES string of the molecule is CC(C)=CCn1c(N2CCCC(N)C2)nc2c1c(=O)n(CC(=O)c1cc(C)cc(C)c1)c(=O)n2C. The number of hydrogen-bond acceptors (Lipinski definition) is 6. The second-order valence-electron chi connectivity index (χ2n) is 9.86. The molecular weight excluding hydrogens is 444 g/mol. The summed E-state index contributed by atoms with van der Waals surface area (Å²) in [6.45, 7) is 9.32. The second kappa shape index (κ2) is 9.65. The molecule has 1 fully saturated rings. The van der Waals surface area contributed by atoms with Gasteiger partial charge in [0, 0.05) is 38.3 Å². The van der Waals surface area contributed by atoms with Gasteiger partial charge in [0.15, 0.2) is 16.9 Å². The molecule has 3 aromatic rings. The maximum atomic E-state index is 13.7. The first-order valence-corrected chi connectivity index (χ1v) is 12.0. The molecule has 186 valence electrons. The number of anilines is 1. The zero-order chi connectivity index (χ0) is 25.4. The van der Waals surface area contributed by atoms with Gasteiger partial charge in [-0.05, 0) is 52.7 Å². The number of nitrogens with two attached hydrogens (primary N) is 1. The molecule has 1 unspecified atom stereocenters. The van der Waals surface area contributed by atoms with E-state index in [4.69, 9.17) is 10.7 Å². The molecule has 9 heteroatoms. The average Bonchev–Trinajstić information content (AvgIpc) is 3.18. The monoisotopic (exact) mass is 478 g/mol. The molecule has 9 nitrogen and oxygen atoms in total. The standard InChI is InChI=1S/C26H34N6O3/c1-16(2)8-10-31-22-23(28-25(31)30-9-6-7-20(27)14-30)29(5)26(35)32(24(22)34)15-21(33)19-12-17(3)11-18(4)13-19/h8,11-13,20H,6-7,9-10,14-15,27H2,1-5H3. The number of piperidine rings is 1. The number of aryl methyl sites for hydroxylation is 3. The van der Waals surface area contributed by atoms with Crippen LogP contribution in [-0.2, 0) is 20.1 Å². The van der Waals surface area contributed by atoms with Gasteiger partial charge in [-0.2, -0.15) is 4.98 Å². The van der Waals surface area contributed by atoms with Gasteiger partial charge in [-0.15, -0.1) is 0 Å². The molecule has 2 N–H and O–H groups in total. The molecule has 0 amide bonds. The van der Waals surface area contributed by atoms with Crippen molar-refractivity contribution in [2.75, 3.05) is 18.0 Å². The Labute approximate surface area is 204 Å². The van der Waals surface area contributed by atoms with Crippen LogP contribution in [0.15, 0.2) is 39.4 Å². The molecule has 35 heavy (non-hydrogen) atoms. The third-order valence-corrected chi connectivity index (χ3v) is 6.48. The van der Waals surface area contributed by atoms with Crippen molar-refractivity contribution in [2.45, 2.75) is 59.7 Å². The van der Waals surface area contributed by atoms with E-state index in [9.17, 15) is 14.4 Å². The summed E-state index contributed by atoms with van der Waals surface area (Å²) in [5.74, 6) is 0.339. The number of Topliss-reactive ketones (excluding diaryl/α,β-unsaturated/α-hetero) is 1. The van der Waals surface area contributed by atoms with Gasteiger partial charge < -0.3 is 15.2 Å². The molecule has 0 bridgehead atoms. The van der Waals surface area contributed by atoms with Gasteiger partial charge in [-0.1, -0.05) is 28.8 Å². The maximum Gasteiger partial charge on any atom is 0.332 e. The van der Waals surface area contributed by atoms with Crippen molar-refractivity contribution in [1.82, 2.24) is 18.7 Å². The Balaban J connectivity index is 1.88. The molecule has 4 rings (SSSR count). The Bertz CT molecular complexity index is 1420. The molecule has 1 aromatic carbocycles. The van der Waals surface area contributed by atoms with Crippen molar-refractivity contribution in [3.63, 3.8) is 0 Å². The lowest BCUT2D eigenvalue weighted by molar-refractivity contribution is 0.0968. The highest BCUT2D eigenvalue weighted by Crippen LogP contribution is 2.23. The van der Waals surface area contributed by atoms with Crippen molar-refractivity contribution < 1.29 is 4.79 Å². The lowest BCUT2D eigenvalue weighted by atomic mass is 10.0. The quantitative estimate of drug-likeness (QED) is 0.430. The van der Waals surface area contributed by atoms with E-state index in [-0.39, 0.29) is 18.4 Å². The minimum Gasteiger partial charge on any atom is -0.341 e. The normalized spacial score (nSPS) is 16.1. The smallest absolute Gasteiger partial charge is 0.332 e. The third-order valence-electron chi connectivity index (χ3n) is 6.48. The first kappa shape index (κ1) is 24.7. The van der Waals surface area contributed by atoms with Gasteiger partial charge in [0.05, 0.1) is 6.54 Å². The van der Waals surface area contributed by atoms with Crippen molar-refractivity contribution in [3.05, 3.63) is 67.4 Å². The van der Waals surface area contributed by atoms with Crippen LogP contribution >= 0.6 is 0 Å². The molecule has 2 aromatic heterocycles. The molecule has 1 atom stereocenters. The number of carbonyl (C=O) groups excluding carboxylic acids is 1. The molecule has 0 saturated carbocycles. The summed E-state index contributed by atoms with van der Waals surface area (Å²) in [5.41, 5.74) is 9.26. The van der Waals surface area contributed by atoms with Crippen LogP contribution in [0.5, 0.6) is 0 Å². The summed E-state index contributed by atoms with van der Waals surface area (Å²) in [7, 11) is 1.59. The summed E-state index contributed by atoms with van der Waals surface area (Å²) in [5, 5.41) is 0. The lowest BCUT2D eigenvalue weighted by Crippen LogP contribution is -2.44. The average molecular weight is 479 g/mol. The number of allylic oxidation sites excluding steroid dienone is 2. The van der Waals surface area contributed by atoms with E-state index in [1.54, 1.807) is 19.2 Å². The lowest BCUT2D eigenvalue weighted by Gasteiger charge is -2.31. The maximum absolute atomic E-state index is 13.7. The number of hydrogen-bond donors (Lipinski definition) is 1. The first-order valence-electron chi connectivity index (χ1n) is 12.0. The zero-order valence-corrected chi connectivity index (χ0v) is 21.2. The van der Waals surface area contributed by atoms with Crippen LogP contribution in [0.3, 0.4) is 0 Å². The van der Waals surface area contributed by atoms with Crippen molar-refractivity contribution >= 4 is 22.9 Å². The highest BCUT2D eigenvalue weighted by molar-refractivity contribution is 5.96. The molecule has 0 radical (unpaired) electrons. The zero-order valence-electron chi connectivity index (χ0n) is 21.2. The largest absolute Gasteiger partial charge is 0.341 e. The summed E-state index contributed by atoms with van der Waals surface area (Å²) in [4.78, 5) is 46.8. The fourth-order valence-corrected chi connectivity index (χ4v) is 4.75. The topological polar surface area (TPSA) is 108 Å². The van der Waals surface area contributed by atoms with Crippen LogP contribution in [0, 0.1) is 13.8 Å². The predicted octanol–water partition coefficient (Wildman–Crippen LogP) is 2.29. The number of aromatic nitrogens is 4.